The van der Waals surface area contributed by atoms with Crippen LogP contribution in [0, 0.1) is 0 Å². The molecule has 102 valence electrons. The van der Waals surface area contributed by atoms with Crippen molar-refractivity contribution < 1.29 is 9.84 Å². The highest BCUT2D eigenvalue weighted by Gasteiger charge is 2.11. The van der Waals surface area contributed by atoms with E-state index in [2.05, 4.69) is 5.32 Å². The van der Waals surface area contributed by atoms with E-state index >= 15 is 0 Å². The average Bonchev–Trinajstić information content (AvgIpc) is 2.22. The molecule has 1 aromatic rings. The van der Waals surface area contributed by atoms with E-state index in [0.717, 1.165) is 5.56 Å². The topological polar surface area (TPSA) is 41.5 Å². The van der Waals surface area contributed by atoms with E-state index in [1.54, 1.807) is 6.92 Å². The molecule has 0 aromatic heterocycles. The second-order valence-electron chi connectivity index (χ2n) is 4.54. The van der Waals surface area contributed by atoms with Crippen LogP contribution in [0.3, 0.4) is 0 Å². The molecular weight excluding hydrogens is 273 g/mol. The molecular formula is C13H19Cl2NO2. The van der Waals surface area contributed by atoms with Crippen LogP contribution in [0.4, 0.5) is 0 Å². The largest absolute Gasteiger partial charge is 0.488 e. The van der Waals surface area contributed by atoms with Gasteiger partial charge in [0.2, 0.25) is 0 Å². The first-order valence-electron chi connectivity index (χ1n) is 5.93. The summed E-state index contributed by atoms with van der Waals surface area (Å²) in [6, 6.07) is 3.64. The van der Waals surface area contributed by atoms with Crippen LogP contribution >= 0.6 is 23.2 Å². The number of rotatable bonds is 6. The molecule has 0 unspecified atom stereocenters. The van der Waals surface area contributed by atoms with Gasteiger partial charge < -0.3 is 15.2 Å². The lowest BCUT2D eigenvalue weighted by atomic mass is 10.2. The molecule has 0 fully saturated rings. The van der Waals surface area contributed by atoms with Gasteiger partial charge in [0.25, 0.3) is 0 Å². The molecule has 0 aliphatic heterocycles. The van der Waals surface area contributed by atoms with E-state index in [4.69, 9.17) is 33.0 Å². The highest BCUT2D eigenvalue weighted by molar-refractivity contribution is 6.37. The van der Waals surface area contributed by atoms with Gasteiger partial charge in [-0.3, -0.25) is 0 Å². The lowest BCUT2D eigenvalue weighted by Crippen LogP contribution is -2.23. The van der Waals surface area contributed by atoms with E-state index in [-0.39, 0.29) is 12.2 Å². The lowest BCUT2D eigenvalue weighted by Gasteiger charge is -2.15. The minimum atomic E-state index is -0.375. The molecule has 1 atom stereocenters. The molecule has 3 nitrogen and oxygen atoms in total. The summed E-state index contributed by atoms with van der Waals surface area (Å²) in [6.45, 7) is 6.70. The van der Waals surface area contributed by atoms with E-state index in [0.29, 0.717) is 28.9 Å². The SMILES string of the molecule is CC(C)Oc1c(Cl)cc(CNC[C@@H](C)O)cc1Cl. The van der Waals surface area contributed by atoms with Gasteiger partial charge in [-0.1, -0.05) is 23.2 Å². The smallest absolute Gasteiger partial charge is 0.156 e. The maximum Gasteiger partial charge on any atom is 0.156 e. The van der Waals surface area contributed by atoms with Gasteiger partial charge in [-0.05, 0) is 38.5 Å². The molecule has 18 heavy (non-hydrogen) atoms. The van der Waals surface area contributed by atoms with Gasteiger partial charge in [0.05, 0.1) is 22.3 Å². The van der Waals surface area contributed by atoms with Crippen molar-refractivity contribution in [1.29, 1.82) is 0 Å². The Labute approximate surface area is 118 Å². The second kappa shape index (κ2) is 7.19. The summed E-state index contributed by atoms with van der Waals surface area (Å²) < 4.78 is 5.55. The van der Waals surface area contributed by atoms with Gasteiger partial charge in [-0.15, -0.1) is 0 Å². The molecule has 0 saturated carbocycles. The molecule has 0 bridgehead atoms. The quantitative estimate of drug-likeness (QED) is 0.845. The number of halogens is 2. The van der Waals surface area contributed by atoms with Crippen molar-refractivity contribution in [3.05, 3.63) is 27.7 Å². The molecule has 2 N–H and O–H groups in total. The third kappa shape index (κ3) is 5.02. The monoisotopic (exact) mass is 291 g/mol. The Morgan fingerprint density at radius 2 is 1.78 bits per heavy atom. The fraction of sp³-hybridized carbons (Fsp3) is 0.538. The van der Waals surface area contributed by atoms with E-state index < -0.39 is 0 Å². The first kappa shape index (κ1) is 15.6. The van der Waals surface area contributed by atoms with E-state index in [1.807, 2.05) is 26.0 Å². The Bertz CT molecular complexity index is 372. The molecule has 0 spiro atoms. The highest BCUT2D eigenvalue weighted by Crippen LogP contribution is 2.34. The van der Waals surface area contributed by atoms with Crippen LogP contribution in [0.1, 0.15) is 26.3 Å². The fourth-order valence-electron chi connectivity index (χ4n) is 1.49. The van der Waals surface area contributed by atoms with Gasteiger partial charge in [0, 0.05) is 13.1 Å². The molecule has 0 heterocycles. The van der Waals surface area contributed by atoms with E-state index in [1.165, 1.54) is 0 Å². The van der Waals surface area contributed by atoms with E-state index in [9.17, 15) is 0 Å². The lowest BCUT2D eigenvalue weighted by molar-refractivity contribution is 0.191. The predicted octanol–water partition coefficient (Wildman–Crippen LogP) is 3.25. The normalized spacial score (nSPS) is 12.8. The number of ether oxygens (including phenoxy) is 1. The molecule has 0 aliphatic rings. The summed E-state index contributed by atoms with van der Waals surface area (Å²) >= 11 is 12.3. The van der Waals surface area contributed by atoms with Crippen molar-refractivity contribution >= 4 is 23.2 Å². The Morgan fingerprint density at radius 3 is 2.22 bits per heavy atom. The van der Waals surface area contributed by atoms with Gasteiger partial charge >= 0.3 is 0 Å². The maximum absolute atomic E-state index is 9.15. The fourth-order valence-corrected chi connectivity index (χ4v) is 2.11. The van der Waals surface area contributed by atoms with Crippen molar-refractivity contribution in [3.63, 3.8) is 0 Å². The van der Waals surface area contributed by atoms with Gasteiger partial charge in [0.15, 0.2) is 5.75 Å². The van der Waals surface area contributed by atoms with Crippen LogP contribution in [0.5, 0.6) is 5.75 Å². The zero-order chi connectivity index (χ0) is 13.7. The Balaban J connectivity index is 2.73. The molecule has 0 aliphatic carbocycles. The second-order valence-corrected chi connectivity index (χ2v) is 5.35. The van der Waals surface area contributed by atoms with Crippen molar-refractivity contribution in [1.82, 2.24) is 5.32 Å². The van der Waals surface area contributed by atoms with Gasteiger partial charge in [0.1, 0.15) is 0 Å². The summed E-state index contributed by atoms with van der Waals surface area (Å²) in [5, 5.41) is 13.3. The maximum atomic E-state index is 9.15. The highest BCUT2D eigenvalue weighted by atomic mass is 35.5. The molecule has 0 radical (unpaired) electrons. The van der Waals surface area contributed by atoms with Crippen LogP contribution in [-0.2, 0) is 6.54 Å². The zero-order valence-corrected chi connectivity index (χ0v) is 12.3. The summed E-state index contributed by atoms with van der Waals surface area (Å²) in [6.07, 6.45) is -0.348. The summed E-state index contributed by atoms with van der Waals surface area (Å²) in [5.74, 6) is 0.521. The first-order valence-corrected chi connectivity index (χ1v) is 6.69. The average molecular weight is 292 g/mol. The number of hydrogen-bond acceptors (Lipinski definition) is 3. The minimum Gasteiger partial charge on any atom is -0.488 e. The number of nitrogens with one attached hydrogen (secondary N) is 1. The van der Waals surface area contributed by atoms with Crippen LogP contribution in [0.25, 0.3) is 0 Å². The van der Waals surface area contributed by atoms with Gasteiger partial charge in [-0.2, -0.15) is 0 Å². The molecule has 1 rings (SSSR count). The molecule has 5 heteroatoms. The Hall–Kier alpha value is -0.480. The van der Waals surface area contributed by atoms with Crippen molar-refractivity contribution in [2.45, 2.75) is 39.5 Å². The van der Waals surface area contributed by atoms with Crippen LogP contribution < -0.4 is 10.1 Å². The van der Waals surface area contributed by atoms with Crippen molar-refractivity contribution in [3.8, 4) is 5.75 Å². The first-order chi connectivity index (χ1) is 8.40. The predicted molar refractivity (Wildman–Crippen MR) is 75.6 cm³/mol. The molecule has 0 amide bonds. The zero-order valence-electron chi connectivity index (χ0n) is 10.8. The summed E-state index contributed by atoms with van der Waals surface area (Å²) in [4.78, 5) is 0. The van der Waals surface area contributed by atoms with Crippen LogP contribution in [-0.4, -0.2) is 23.9 Å². The van der Waals surface area contributed by atoms with Crippen molar-refractivity contribution in [2.24, 2.45) is 0 Å². The Morgan fingerprint density at radius 1 is 1.22 bits per heavy atom. The third-order valence-corrected chi connectivity index (χ3v) is 2.74. The van der Waals surface area contributed by atoms with Crippen molar-refractivity contribution in [2.75, 3.05) is 6.54 Å². The third-order valence-electron chi connectivity index (χ3n) is 2.18. The van der Waals surface area contributed by atoms with Gasteiger partial charge in [-0.25, -0.2) is 0 Å². The molecule has 0 saturated heterocycles. The number of hydrogen-bond donors (Lipinski definition) is 2. The summed E-state index contributed by atoms with van der Waals surface area (Å²) in [7, 11) is 0. The minimum absolute atomic E-state index is 0.0270. The summed E-state index contributed by atoms with van der Waals surface area (Å²) in [5.41, 5.74) is 0.960. The number of aliphatic hydroxyl groups is 1. The number of aliphatic hydroxyl groups excluding tert-OH is 1. The Kier molecular flexibility index (Phi) is 6.22. The van der Waals surface area contributed by atoms with Crippen LogP contribution in [0.15, 0.2) is 12.1 Å². The number of benzene rings is 1. The van der Waals surface area contributed by atoms with Crippen LogP contribution in [0.2, 0.25) is 10.0 Å². The molecule has 1 aromatic carbocycles. The standard InChI is InChI=1S/C13H19Cl2NO2/c1-8(2)18-13-11(14)4-10(5-12(13)15)7-16-6-9(3)17/h4-5,8-9,16-17H,6-7H2,1-3H3/t9-/m1/s1.